The Balaban J connectivity index is 2.02. The number of rotatable bonds is 4. The Morgan fingerprint density at radius 1 is 1.11 bits per heavy atom. The van der Waals surface area contributed by atoms with E-state index in [1.165, 1.54) is 29.1 Å². The van der Waals surface area contributed by atoms with Crippen LogP contribution in [0.5, 0.6) is 0 Å². The van der Waals surface area contributed by atoms with Crippen LogP contribution in [0.25, 0.3) is 5.82 Å². The smallest absolute Gasteiger partial charge is 0.409 e. The second-order valence-corrected chi connectivity index (χ2v) is 7.33. The van der Waals surface area contributed by atoms with Gasteiger partial charge in [-0.25, -0.2) is 14.5 Å². The Hall–Kier alpha value is -2.33. The van der Waals surface area contributed by atoms with E-state index >= 15 is 0 Å². The van der Waals surface area contributed by atoms with Gasteiger partial charge in [0.2, 0.25) is 0 Å². The number of benzene rings is 1. The molecule has 0 aliphatic rings. The molecule has 2 amide bonds. The van der Waals surface area contributed by atoms with Gasteiger partial charge in [-0.05, 0) is 40.2 Å². The second kappa shape index (κ2) is 8.36. The first-order chi connectivity index (χ1) is 13.3. The van der Waals surface area contributed by atoms with Gasteiger partial charge in [0.1, 0.15) is 10.3 Å². The summed E-state index contributed by atoms with van der Waals surface area (Å²) in [4.78, 5) is 28.0. The summed E-state index contributed by atoms with van der Waals surface area (Å²) >= 11 is 21.4. The highest BCUT2D eigenvalue weighted by atomic mass is 79.9. The van der Waals surface area contributed by atoms with Crippen molar-refractivity contribution >= 4 is 74.1 Å². The number of anilines is 2. The lowest BCUT2D eigenvalue weighted by molar-refractivity contribution is 0.101. The van der Waals surface area contributed by atoms with Crippen LogP contribution in [0, 0.1) is 0 Å². The molecule has 0 fully saturated rings. The molecular formula is C16H9BrCl3N5O3. The van der Waals surface area contributed by atoms with E-state index in [-0.39, 0.29) is 38.0 Å². The number of hydrogen-bond acceptors (Lipinski definition) is 4. The average Bonchev–Trinajstić information content (AvgIpc) is 2.99. The molecule has 28 heavy (non-hydrogen) atoms. The van der Waals surface area contributed by atoms with Gasteiger partial charge in [-0.1, -0.05) is 34.8 Å². The number of nitrogens with one attached hydrogen (secondary N) is 2. The number of amides is 2. The maximum atomic E-state index is 12.9. The summed E-state index contributed by atoms with van der Waals surface area (Å²) in [5, 5.41) is 18.4. The summed E-state index contributed by atoms with van der Waals surface area (Å²) in [7, 11) is 0. The molecule has 0 unspecified atom stereocenters. The zero-order chi connectivity index (χ0) is 20.4. The van der Waals surface area contributed by atoms with E-state index in [0.717, 1.165) is 0 Å². The van der Waals surface area contributed by atoms with Crippen molar-refractivity contribution < 1.29 is 14.7 Å². The molecule has 3 rings (SSSR count). The van der Waals surface area contributed by atoms with Crippen LogP contribution in [0.4, 0.5) is 16.2 Å². The second-order valence-electron chi connectivity index (χ2n) is 5.27. The highest BCUT2D eigenvalue weighted by Gasteiger charge is 2.21. The largest absolute Gasteiger partial charge is 0.465 e. The molecule has 0 spiro atoms. The Bertz CT molecular complexity index is 1090. The van der Waals surface area contributed by atoms with Crippen molar-refractivity contribution in [2.45, 2.75) is 0 Å². The highest BCUT2D eigenvalue weighted by Crippen LogP contribution is 2.35. The molecule has 0 atom stereocenters. The topological polar surface area (TPSA) is 109 Å². The molecule has 0 saturated heterocycles. The molecule has 144 valence electrons. The SMILES string of the molecule is O=C(O)Nc1cc(Cl)cc(Cl)c1NC(=O)c1cc(Br)nn1-c1ncccc1Cl. The predicted molar refractivity (Wildman–Crippen MR) is 110 cm³/mol. The van der Waals surface area contributed by atoms with Crippen molar-refractivity contribution in [3.05, 3.63) is 61.9 Å². The standard InChI is InChI=1S/C16H9BrCl3N5O3/c17-12-6-11(25(24-12)14-8(19)2-1-3-21-14)15(26)23-13-9(20)4-7(18)5-10(13)22-16(27)28/h1-6,22H,(H,23,26)(H,27,28). The number of pyridine rings is 1. The lowest BCUT2D eigenvalue weighted by Gasteiger charge is -2.14. The van der Waals surface area contributed by atoms with Gasteiger partial charge in [-0.3, -0.25) is 10.1 Å². The van der Waals surface area contributed by atoms with Gasteiger partial charge in [-0.2, -0.15) is 5.10 Å². The highest BCUT2D eigenvalue weighted by molar-refractivity contribution is 9.10. The summed E-state index contributed by atoms with van der Waals surface area (Å²) < 4.78 is 1.61. The molecule has 8 nitrogen and oxygen atoms in total. The zero-order valence-electron chi connectivity index (χ0n) is 13.6. The molecule has 0 radical (unpaired) electrons. The number of aromatic nitrogens is 3. The molecule has 0 aliphatic carbocycles. The van der Waals surface area contributed by atoms with E-state index in [2.05, 4.69) is 36.6 Å². The monoisotopic (exact) mass is 503 g/mol. The fraction of sp³-hybridized carbons (Fsp3) is 0. The van der Waals surface area contributed by atoms with Crippen LogP contribution >= 0.6 is 50.7 Å². The molecule has 1 aromatic carbocycles. The van der Waals surface area contributed by atoms with Gasteiger partial charge in [0.05, 0.1) is 21.4 Å². The van der Waals surface area contributed by atoms with Crippen molar-refractivity contribution in [1.82, 2.24) is 14.8 Å². The number of carbonyl (C=O) groups is 2. The third-order valence-corrected chi connectivity index (χ3v) is 4.59. The summed E-state index contributed by atoms with van der Waals surface area (Å²) in [5.41, 5.74) is 0.133. The van der Waals surface area contributed by atoms with Crippen LogP contribution in [0.2, 0.25) is 15.1 Å². The van der Waals surface area contributed by atoms with Gasteiger partial charge < -0.3 is 10.4 Å². The van der Waals surface area contributed by atoms with Gasteiger partial charge in [0, 0.05) is 17.3 Å². The first-order valence-electron chi connectivity index (χ1n) is 7.43. The van der Waals surface area contributed by atoms with Gasteiger partial charge in [0.25, 0.3) is 5.91 Å². The maximum absolute atomic E-state index is 12.9. The van der Waals surface area contributed by atoms with Crippen molar-refractivity contribution in [2.24, 2.45) is 0 Å². The summed E-state index contributed by atoms with van der Waals surface area (Å²) in [6.45, 7) is 0. The zero-order valence-corrected chi connectivity index (χ0v) is 17.4. The Kier molecular flexibility index (Phi) is 6.09. The molecule has 2 aromatic heterocycles. The maximum Gasteiger partial charge on any atom is 0.409 e. The number of halogens is 4. The lowest BCUT2D eigenvalue weighted by Crippen LogP contribution is -2.19. The van der Waals surface area contributed by atoms with E-state index in [1.54, 1.807) is 12.1 Å². The average molecular weight is 506 g/mol. The number of hydrogen-bond donors (Lipinski definition) is 3. The molecule has 3 N–H and O–H groups in total. The van der Waals surface area contributed by atoms with Crippen LogP contribution in [0.3, 0.4) is 0 Å². The van der Waals surface area contributed by atoms with Crippen molar-refractivity contribution in [2.75, 3.05) is 10.6 Å². The number of carboxylic acid groups (broad SMARTS) is 1. The molecule has 0 saturated carbocycles. The van der Waals surface area contributed by atoms with Crippen LogP contribution in [0.15, 0.2) is 41.1 Å². The third-order valence-electron chi connectivity index (χ3n) is 3.39. The van der Waals surface area contributed by atoms with Crippen molar-refractivity contribution in [3.8, 4) is 5.82 Å². The van der Waals surface area contributed by atoms with E-state index in [4.69, 9.17) is 39.9 Å². The molecular weight excluding hydrogens is 496 g/mol. The van der Waals surface area contributed by atoms with Crippen molar-refractivity contribution in [3.63, 3.8) is 0 Å². The first kappa shape index (κ1) is 20.4. The first-order valence-corrected chi connectivity index (χ1v) is 9.35. The van der Waals surface area contributed by atoms with Crippen LogP contribution < -0.4 is 10.6 Å². The summed E-state index contributed by atoms with van der Waals surface area (Å²) in [6, 6.07) is 7.39. The van der Waals surface area contributed by atoms with Crippen LogP contribution in [-0.4, -0.2) is 31.9 Å². The minimum Gasteiger partial charge on any atom is -0.465 e. The van der Waals surface area contributed by atoms with E-state index in [9.17, 15) is 9.59 Å². The third kappa shape index (κ3) is 4.39. The van der Waals surface area contributed by atoms with Gasteiger partial charge >= 0.3 is 6.09 Å². The summed E-state index contributed by atoms with van der Waals surface area (Å²) in [5.74, 6) is -0.385. The molecule has 12 heteroatoms. The van der Waals surface area contributed by atoms with Crippen LogP contribution in [0.1, 0.15) is 10.5 Å². The molecule has 2 heterocycles. The predicted octanol–water partition coefficient (Wildman–Crippen LogP) is 5.33. The fourth-order valence-electron chi connectivity index (χ4n) is 2.30. The van der Waals surface area contributed by atoms with Gasteiger partial charge in [-0.15, -0.1) is 0 Å². The quantitative estimate of drug-likeness (QED) is 0.444. The number of nitrogens with zero attached hydrogens (tertiary/aromatic N) is 3. The van der Waals surface area contributed by atoms with E-state index < -0.39 is 12.0 Å². The number of carbonyl (C=O) groups excluding carboxylic acids is 1. The Morgan fingerprint density at radius 2 is 1.86 bits per heavy atom. The van der Waals surface area contributed by atoms with Crippen molar-refractivity contribution in [1.29, 1.82) is 0 Å². The van der Waals surface area contributed by atoms with Gasteiger partial charge in [0.15, 0.2) is 5.82 Å². The lowest BCUT2D eigenvalue weighted by atomic mass is 10.2. The normalized spacial score (nSPS) is 10.6. The van der Waals surface area contributed by atoms with E-state index in [0.29, 0.717) is 4.60 Å². The Labute approximate surface area is 181 Å². The Morgan fingerprint density at radius 3 is 2.54 bits per heavy atom. The minimum atomic E-state index is -1.35. The van der Waals surface area contributed by atoms with Crippen LogP contribution in [-0.2, 0) is 0 Å². The molecule has 0 bridgehead atoms. The summed E-state index contributed by atoms with van der Waals surface area (Å²) in [6.07, 6.45) is 0.158. The van der Waals surface area contributed by atoms with E-state index in [1.807, 2.05) is 0 Å². The molecule has 0 aliphatic heterocycles. The fourth-order valence-corrected chi connectivity index (χ4v) is 3.42. The minimum absolute atomic E-state index is 0.0133. The molecule has 3 aromatic rings.